The van der Waals surface area contributed by atoms with Gasteiger partial charge < -0.3 is 9.15 Å². The third-order valence-corrected chi connectivity index (χ3v) is 4.10. The van der Waals surface area contributed by atoms with Crippen LogP contribution >= 0.6 is 15.9 Å². The Hall–Kier alpha value is -2.61. The number of hydrogen-bond donors (Lipinski definition) is 0. The average molecular weight is 439 g/mol. The summed E-state index contributed by atoms with van der Waals surface area (Å²) in [5, 5.41) is 7.83. The van der Waals surface area contributed by atoms with Gasteiger partial charge in [0.1, 0.15) is 6.61 Å². The number of ether oxygens (including phenoxy) is 1. The molecule has 8 heteroatoms. The van der Waals surface area contributed by atoms with Crippen LogP contribution < -0.4 is 4.74 Å². The molecule has 0 radical (unpaired) electrons. The number of benzene rings is 2. The minimum atomic E-state index is -4.35. The maximum absolute atomic E-state index is 12.7. The van der Waals surface area contributed by atoms with Crippen molar-refractivity contribution in [2.24, 2.45) is 0 Å². The summed E-state index contributed by atoms with van der Waals surface area (Å²) >= 11 is 3.13. The van der Waals surface area contributed by atoms with E-state index in [2.05, 4.69) is 26.1 Å². The normalized spacial score (nSPS) is 11.9. The lowest BCUT2D eigenvalue weighted by Crippen LogP contribution is -2.04. The summed E-state index contributed by atoms with van der Waals surface area (Å²) in [5.41, 5.74) is 1.63. The van der Waals surface area contributed by atoms with Crippen molar-refractivity contribution >= 4 is 15.9 Å². The summed E-state index contributed by atoms with van der Waals surface area (Å²) < 4.78 is 48.9. The van der Waals surface area contributed by atoms with Crippen LogP contribution in [0.25, 0.3) is 11.5 Å². The molecule has 0 bridgehead atoms. The van der Waals surface area contributed by atoms with Gasteiger partial charge in [0.2, 0.25) is 0 Å². The second kappa shape index (κ2) is 8.39. The van der Waals surface area contributed by atoms with E-state index < -0.39 is 11.7 Å². The molecule has 1 heterocycles. The third-order valence-electron chi connectivity index (χ3n) is 3.72. The van der Waals surface area contributed by atoms with Crippen molar-refractivity contribution in [1.82, 2.24) is 10.2 Å². The predicted octanol–water partition coefficient (Wildman–Crippen LogP) is 5.63. The van der Waals surface area contributed by atoms with E-state index in [4.69, 9.17) is 9.15 Å². The number of rotatable bonds is 6. The zero-order valence-electron chi connectivity index (χ0n) is 13.9. The van der Waals surface area contributed by atoms with E-state index in [0.29, 0.717) is 12.0 Å². The van der Waals surface area contributed by atoms with Crippen LogP contribution in [0.15, 0.2) is 64.0 Å². The largest absolute Gasteiger partial charge is 0.445 e. The summed E-state index contributed by atoms with van der Waals surface area (Å²) in [5.74, 6) is 0.287. The molecule has 1 aromatic heterocycles. The molecule has 3 aromatic rings. The standard InChI is InChI=1S/C19H14BrF3N2O2/c20-10-3-11-26-18-25-24-17(27-18)16-5-2-1-4-14(16)12-13-6-8-15(9-7-13)19(21,22)23/h1-10H,11-12H2. The number of aromatic nitrogens is 2. The zero-order valence-corrected chi connectivity index (χ0v) is 15.5. The van der Waals surface area contributed by atoms with Crippen LogP contribution in [0.2, 0.25) is 0 Å². The minimum absolute atomic E-state index is 0.0416. The molecule has 0 spiro atoms. The van der Waals surface area contributed by atoms with Gasteiger partial charge in [-0.15, -0.1) is 5.10 Å². The Kier molecular flexibility index (Phi) is 5.95. The zero-order chi connectivity index (χ0) is 19.3. The van der Waals surface area contributed by atoms with Crippen molar-refractivity contribution in [2.45, 2.75) is 12.6 Å². The van der Waals surface area contributed by atoms with Gasteiger partial charge in [-0.05, 0) is 46.8 Å². The molecule has 0 aliphatic heterocycles. The van der Waals surface area contributed by atoms with Gasteiger partial charge in [0.05, 0.1) is 5.56 Å². The molecule has 0 aliphatic rings. The highest BCUT2D eigenvalue weighted by Crippen LogP contribution is 2.30. The molecule has 0 saturated heterocycles. The van der Waals surface area contributed by atoms with E-state index in [9.17, 15) is 13.2 Å². The lowest BCUT2D eigenvalue weighted by molar-refractivity contribution is -0.137. The summed E-state index contributed by atoms with van der Waals surface area (Å²) in [6.45, 7) is 0.278. The summed E-state index contributed by atoms with van der Waals surface area (Å²) in [6, 6.07) is 12.4. The lowest BCUT2D eigenvalue weighted by Gasteiger charge is -2.09. The van der Waals surface area contributed by atoms with Crippen LogP contribution in [-0.2, 0) is 12.6 Å². The topological polar surface area (TPSA) is 48.2 Å². The fraction of sp³-hybridized carbons (Fsp3) is 0.158. The summed E-state index contributed by atoms with van der Waals surface area (Å²) in [6.07, 6.45) is -2.15. The van der Waals surface area contributed by atoms with Gasteiger partial charge in [-0.3, -0.25) is 0 Å². The van der Waals surface area contributed by atoms with Crippen LogP contribution in [0, 0.1) is 0 Å². The molecule has 0 N–H and O–H groups in total. The fourth-order valence-electron chi connectivity index (χ4n) is 2.45. The van der Waals surface area contributed by atoms with E-state index >= 15 is 0 Å². The Labute approximate surface area is 161 Å². The van der Waals surface area contributed by atoms with Crippen LogP contribution in [-0.4, -0.2) is 16.8 Å². The highest BCUT2D eigenvalue weighted by molar-refractivity contribution is 9.11. The average Bonchev–Trinajstić information content (AvgIpc) is 3.11. The summed E-state index contributed by atoms with van der Waals surface area (Å²) in [7, 11) is 0. The van der Waals surface area contributed by atoms with Gasteiger partial charge in [0.15, 0.2) is 0 Å². The second-order valence-corrected chi connectivity index (χ2v) is 6.10. The van der Waals surface area contributed by atoms with Gasteiger partial charge in [-0.2, -0.15) is 13.2 Å². The van der Waals surface area contributed by atoms with Crippen molar-refractivity contribution in [2.75, 3.05) is 6.61 Å². The first-order chi connectivity index (χ1) is 13.0. The van der Waals surface area contributed by atoms with Crippen molar-refractivity contribution in [3.05, 3.63) is 76.3 Å². The maximum Gasteiger partial charge on any atom is 0.416 e. The van der Waals surface area contributed by atoms with E-state index in [1.807, 2.05) is 24.3 Å². The smallest absolute Gasteiger partial charge is 0.416 e. The Bertz CT molecular complexity index is 921. The number of halogens is 4. The highest BCUT2D eigenvalue weighted by Gasteiger charge is 2.29. The van der Waals surface area contributed by atoms with Crippen molar-refractivity contribution < 1.29 is 22.3 Å². The molecule has 0 unspecified atom stereocenters. The number of alkyl halides is 3. The van der Waals surface area contributed by atoms with Gasteiger partial charge in [0.25, 0.3) is 5.89 Å². The molecule has 0 saturated carbocycles. The van der Waals surface area contributed by atoms with Crippen molar-refractivity contribution in [3.63, 3.8) is 0 Å². The first kappa shape index (κ1) is 19.2. The predicted molar refractivity (Wildman–Crippen MR) is 97.5 cm³/mol. The third kappa shape index (κ3) is 4.97. The van der Waals surface area contributed by atoms with Gasteiger partial charge >= 0.3 is 12.3 Å². The molecular weight excluding hydrogens is 425 g/mol. The Morgan fingerprint density at radius 2 is 1.78 bits per heavy atom. The number of nitrogens with zero attached hydrogens (tertiary/aromatic N) is 2. The van der Waals surface area contributed by atoms with Crippen LogP contribution in [0.4, 0.5) is 13.2 Å². The van der Waals surface area contributed by atoms with Crippen LogP contribution in [0.3, 0.4) is 0 Å². The van der Waals surface area contributed by atoms with Gasteiger partial charge in [-0.25, -0.2) is 0 Å². The first-order valence-corrected chi connectivity index (χ1v) is 8.85. The molecular formula is C19H14BrF3N2O2. The second-order valence-electron chi connectivity index (χ2n) is 5.57. The Morgan fingerprint density at radius 3 is 2.48 bits per heavy atom. The molecule has 4 nitrogen and oxygen atoms in total. The molecule has 140 valence electrons. The molecule has 3 rings (SSSR count). The molecule has 0 fully saturated rings. The molecule has 0 aliphatic carbocycles. The molecule has 27 heavy (non-hydrogen) atoms. The van der Waals surface area contributed by atoms with Gasteiger partial charge in [-0.1, -0.05) is 51.4 Å². The van der Waals surface area contributed by atoms with Crippen LogP contribution in [0.5, 0.6) is 6.08 Å². The van der Waals surface area contributed by atoms with E-state index in [-0.39, 0.29) is 18.6 Å². The van der Waals surface area contributed by atoms with Crippen molar-refractivity contribution in [3.8, 4) is 17.5 Å². The van der Waals surface area contributed by atoms with E-state index in [1.54, 1.807) is 11.1 Å². The van der Waals surface area contributed by atoms with Crippen LogP contribution in [0.1, 0.15) is 16.7 Å². The Balaban J connectivity index is 1.80. The van der Waals surface area contributed by atoms with Gasteiger partial charge in [0, 0.05) is 5.56 Å². The monoisotopic (exact) mass is 438 g/mol. The SMILES string of the molecule is FC(F)(F)c1ccc(Cc2ccccc2-c2nnc(OCC=CBr)o2)cc1. The highest BCUT2D eigenvalue weighted by atomic mass is 79.9. The first-order valence-electron chi connectivity index (χ1n) is 7.93. The van der Waals surface area contributed by atoms with Crippen molar-refractivity contribution in [1.29, 1.82) is 0 Å². The quantitative estimate of drug-likeness (QED) is 0.499. The minimum Gasteiger partial charge on any atom is -0.445 e. The fourth-order valence-corrected chi connectivity index (χ4v) is 2.60. The van der Waals surface area contributed by atoms with E-state index in [0.717, 1.165) is 23.3 Å². The summed E-state index contributed by atoms with van der Waals surface area (Å²) in [4.78, 5) is 1.66. The maximum atomic E-state index is 12.7. The van der Waals surface area contributed by atoms with E-state index in [1.165, 1.54) is 12.1 Å². The Morgan fingerprint density at radius 1 is 1.04 bits per heavy atom. The molecule has 2 aromatic carbocycles. The lowest BCUT2D eigenvalue weighted by atomic mass is 9.99. The molecule has 0 atom stereocenters. The molecule has 0 amide bonds. The number of hydrogen-bond acceptors (Lipinski definition) is 4.